The van der Waals surface area contributed by atoms with Crippen LogP contribution in [0.25, 0.3) is 0 Å². The minimum atomic E-state index is -0.969. The SMILES string of the molecule is CC(C)(C)OC(=O)N1CC[C@](O)(CN2C[C@@H](c3ccccc3)CC2=O)C2(CCCC2)C1. The van der Waals surface area contributed by atoms with Crippen LogP contribution in [-0.2, 0) is 9.53 Å². The van der Waals surface area contributed by atoms with E-state index >= 15 is 0 Å². The number of ether oxygens (including phenoxy) is 1. The summed E-state index contributed by atoms with van der Waals surface area (Å²) in [6.07, 6.45) is 4.53. The summed E-state index contributed by atoms with van der Waals surface area (Å²) in [4.78, 5) is 29.2. The molecule has 2 saturated heterocycles. The quantitative estimate of drug-likeness (QED) is 0.792. The van der Waals surface area contributed by atoms with Gasteiger partial charge in [-0.15, -0.1) is 0 Å². The fourth-order valence-corrected chi connectivity index (χ4v) is 5.77. The van der Waals surface area contributed by atoms with Crippen molar-refractivity contribution in [1.82, 2.24) is 9.80 Å². The summed E-state index contributed by atoms with van der Waals surface area (Å²) in [6.45, 7) is 7.59. The van der Waals surface area contributed by atoms with Crippen molar-refractivity contribution in [1.29, 1.82) is 0 Å². The van der Waals surface area contributed by atoms with Crippen molar-refractivity contribution in [2.24, 2.45) is 5.41 Å². The molecule has 1 saturated carbocycles. The van der Waals surface area contributed by atoms with Crippen LogP contribution >= 0.6 is 0 Å². The Labute approximate surface area is 185 Å². The number of carbonyl (C=O) groups is 2. The van der Waals surface area contributed by atoms with E-state index in [9.17, 15) is 14.7 Å². The van der Waals surface area contributed by atoms with Gasteiger partial charge < -0.3 is 19.6 Å². The van der Waals surface area contributed by atoms with Crippen LogP contribution in [0.2, 0.25) is 0 Å². The Kier molecular flexibility index (Phi) is 5.80. The molecule has 6 nitrogen and oxygen atoms in total. The Hall–Kier alpha value is -2.08. The highest BCUT2D eigenvalue weighted by atomic mass is 16.6. The molecule has 1 aromatic rings. The maximum Gasteiger partial charge on any atom is 0.410 e. The van der Waals surface area contributed by atoms with Crippen molar-refractivity contribution in [2.45, 2.75) is 76.4 Å². The lowest BCUT2D eigenvalue weighted by Crippen LogP contribution is -2.64. The van der Waals surface area contributed by atoms with Gasteiger partial charge in [0.15, 0.2) is 0 Å². The Morgan fingerprint density at radius 1 is 1.16 bits per heavy atom. The zero-order chi connectivity index (χ0) is 22.3. The molecule has 3 fully saturated rings. The molecule has 31 heavy (non-hydrogen) atoms. The Morgan fingerprint density at radius 2 is 1.84 bits per heavy atom. The van der Waals surface area contributed by atoms with Crippen LogP contribution in [-0.4, -0.2) is 64.3 Å². The van der Waals surface area contributed by atoms with Gasteiger partial charge in [0.05, 0.1) is 12.1 Å². The van der Waals surface area contributed by atoms with E-state index in [-0.39, 0.29) is 23.3 Å². The number of aliphatic hydroxyl groups is 1. The van der Waals surface area contributed by atoms with Crippen LogP contribution in [0.1, 0.15) is 70.8 Å². The lowest BCUT2D eigenvalue weighted by Gasteiger charge is -2.53. The number of piperidine rings is 1. The number of hydrogen-bond acceptors (Lipinski definition) is 4. The van der Waals surface area contributed by atoms with Crippen molar-refractivity contribution in [3.63, 3.8) is 0 Å². The molecule has 1 aliphatic carbocycles. The highest BCUT2D eigenvalue weighted by molar-refractivity contribution is 5.80. The first kappa shape index (κ1) is 22.1. The van der Waals surface area contributed by atoms with Crippen LogP contribution < -0.4 is 0 Å². The van der Waals surface area contributed by atoms with E-state index in [1.54, 1.807) is 4.90 Å². The normalized spacial score (nSPS) is 28.4. The van der Waals surface area contributed by atoms with E-state index in [1.165, 1.54) is 5.56 Å². The van der Waals surface area contributed by atoms with Gasteiger partial charge in [0.25, 0.3) is 0 Å². The second-order valence-electron chi connectivity index (χ2n) is 10.8. The standard InChI is InChI=1S/C25H36N2O4/c1-23(2,3)31-22(29)26-14-13-25(30,24(17-26)11-7-8-12-24)18-27-16-20(15-21(27)28)19-9-5-4-6-10-19/h4-6,9-10,20,30H,7-8,11-18H2,1-3H3/t20-,25-/m0/s1. The molecule has 1 aromatic carbocycles. The third-order valence-electron chi connectivity index (χ3n) is 7.43. The summed E-state index contributed by atoms with van der Waals surface area (Å²) < 4.78 is 5.60. The lowest BCUT2D eigenvalue weighted by molar-refractivity contribution is -0.154. The van der Waals surface area contributed by atoms with Gasteiger partial charge >= 0.3 is 6.09 Å². The molecular formula is C25H36N2O4. The van der Waals surface area contributed by atoms with Crippen molar-refractivity contribution >= 4 is 12.0 Å². The van der Waals surface area contributed by atoms with Gasteiger partial charge in [-0.1, -0.05) is 43.2 Å². The van der Waals surface area contributed by atoms with E-state index in [0.717, 1.165) is 25.7 Å². The number of nitrogens with zero attached hydrogens (tertiary/aromatic N) is 2. The zero-order valence-electron chi connectivity index (χ0n) is 19.1. The molecule has 0 aromatic heterocycles. The summed E-state index contributed by atoms with van der Waals surface area (Å²) in [5.41, 5.74) is -0.695. The van der Waals surface area contributed by atoms with E-state index in [4.69, 9.17) is 4.74 Å². The topological polar surface area (TPSA) is 70.1 Å². The van der Waals surface area contributed by atoms with Crippen molar-refractivity contribution in [3.8, 4) is 0 Å². The summed E-state index contributed by atoms with van der Waals surface area (Å²) >= 11 is 0. The zero-order valence-corrected chi connectivity index (χ0v) is 19.1. The van der Waals surface area contributed by atoms with Crippen molar-refractivity contribution < 1.29 is 19.4 Å². The predicted octanol–water partition coefficient (Wildman–Crippen LogP) is 3.93. The smallest absolute Gasteiger partial charge is 0.410 e. The molecule has 2 heterocycles. The molecule has 2 atom stereocenters. The number of rotatable bonds is 3. The maximum absolute atomic E-state index is 12.8. The number of β-amino-alcohol motifs (C(OH)–C–C–N with tert-alkyl or cyclic N) is 1. The van der Waals surface area contributed by atoms with Gasteiger partial charge in [0.1, 0.15) is 5.60 Å². The highest BCUT2D eigenvalue weighted by Crippen LogP contribution is 2.51. The average molecular weight is 429 g/mol. The third kappa shape index (κ3) is 4.45. The van der Waals surface area contributed by atoms with Gasteiger partial charge in [0.2, 0.25) is 5.91 Å². The molecule has 0 unspecified atom stereocenters. The lowest BCUT2D eigenvalue weighted by atomic mass is 9.65. The third-order valence-corrected chi connectivity index (χ3v) is 7.43. The second kappa shape index (κ2) is 8.12. The first-order valence-corrected chi connectivity index (χ1v) is 11.6. The highest BCUT2D eigenvalue weighted by Gasteiger charge is 2.57. The molecule has 1 spiro atoms. The van der Waals surface area contributed by atoms with Crippen LogP contribution in [0.3, 0.4) is 0 Å². The monoisotopic (exact) mass is 428 g/mol. The van der Waals surface area contributed by atoms with Gasteiger partial charge in [-0.25, -0.2) is 4.79 Å². The number of benzene rings is 1. The van der Waals surface area contributed by atoms with Crippen LogP contribution in [0.4, 0.5) is 4.79 Å². The number of hydrogen-bond donors (Lipinski definition) is 1. The van der Waals surface area contributed by atoms with Crippen molar-refractivity contribution in [3.05, 3.63) is 35.9 Å². The Morgan fingerprint density at radius 3 is 2.48 bits per heavy atom. The summed E-state index contributed by atoms with van der Waals surface area (Å²) in [7, 11) is 0. The minimum Gasteiger partial charge on any atom is -0.444 e. The Balaban J connectivity index is 1.49. The molecule has 3 aliphatic rings. The molecule has 6 heteroatoms. The number of carbonyl (C=O) groups excluding carboxylic acids is 2. The van der Waals surface area contributed by atoms with Gasteiger partial charge in [-0.3, -0.25) is 4.79 Å². The molecule has 2 amide bonds. The molecule has 1 N–H and O–H groups in total. The van der Waals surface area contributed by atoms with Crippen LogP contribution in [0, 0.1) is 5.41 Å². The number of amides is 2. The fourth-order valence-electron chi connectivity index (χ4n) is 5.77. The second-order valence-corrected chi connectivity index (χ2v) is 10.8. The van der Waals surface area contributed by atoms with E-state index < -0.39 is 11.2 Å². The van der Waals surface area contributed by atoms with Gasteiger partial charge in [-0.2, -0.15) is 0 Å². The first-order chi connectivity index (χ1) is 14.6. The molecule has 2 aliphatic heterocycles. The average Bonchev–Trinajstić information content (AvgIpc) is 3.32. The van der Waals surface area contributed by atoms with Crippen LogP contribution in [0.5, 0.6) is 0 Å². The molecular weight excluding hydrogens is 392 g/mol. The molecule has 170 valence electrons. The van der Waals surface area contributed by atoms with Gasteiger partial charge in [-0.05, 0) is 45.6 Å². The largest absolute Gasteiger partial charge is 0.444 e. The maximum atomic E-state index is 12.8. The molecule has 0 radical (unpaired) electrons. The summed E-state index contributed by atoms with van der Waals surface area (Å²) in [5.74, 6) is 0.295. The van der Waals surface area contributed by atoms with E-state index in [1.807, 2.05) is 43.9 Å². The Bertz CT molecular complexity index is 813. The minimum absolute atomic E-state index is 0.116. The van der Waals surface area contributed by atoms with E-state index in [2.05, 4.69) is 12.1 Å². The summed E-state index contributed by atoms with van der Waals surface area (Å²) in [6, 6.07) is 10.2. The molecule has 0 bridgehead atoms. The first-order valence-electron chi connectivity index (χ1n) is 11.6. The number of likely N-dealkylation sites (tertiary alicyclic amines) is 2. The predicted molar refractivity (Wildman–Crippen MR) is 119 cm³/mol. The summed E-state index contributed by atoms with van der Waals surface area (Å²) in [5, 5.41) is 11.9. The van der Waals surface area contributed by atoms with Crippen LogP contribution in [0.15, 0.2) is 30.3 Å². The van der Waals surface area contributed by atoms with Crippen molar-refractivity contribution in [2.75, 3.05) is 26.2 Å². The van der Waals surface area contributed by atoms with E-state index in [0.29, 0.717) is 39.0 Å². The molecule has 4 rings (SSSR count). The fraction of sp³-hybridized carbons (Fsp3) is 0.680. The van der Waals surface area contributed by atoms with Gasteiger partial charge in [0, 0.05) is 37.4 Å².